The van der Waals surface area contributed by atoms with Gasteiger partial charge in [-0.2, -0.15) is 5.10 Å². The number of nitrogens with one attached hydrogen (secondary N) is 1. The van der Waals surface area contributed by atoms with Gasteiger partial charge in [0, 0.05) is 16.7 Å². The molecule has 4 heteroatoms. The summed E-state index contributed by atoms with van der Waals surface area (Å²) in [5, 5.41) is 7.08. The lowest BCUT2D eigenvalue weighted by molar-refractivity contribution is 0.415. The van der Waals surface area contributed by atoms with E-state index in [1.54, 1.807) is 7.11 Å². The van der Waals surface area contributed by atoms with Crippen LogP contribution >= 0.6 is 0 Å². The van der Waals surface area contributed by atoms with E-state index >= 15 is 0 Å². The first-order valence-corrected chi connectivity index (χ1v) is 9.48. The summed E-state index contributed by atoms with van der Waals surface area (Å²) in [5.41, 5.74) is 7.95. The molecule has 0 atom stereocenters. The van der Waals surface area contributed by atoms with E-state index in [9.17, 15) is 0 Å². The predicted molar refractivity (Wildman–Crippen MR) is 118 cm³/mol. The lowest BCUT2D eigenvalue weighted by Crippen LogP contribution is -2.19. The smallest absolute Gasteiger partial charge is 0.154 e. The minimum Gasteiger partial charge on any atom is -0.497 e. The summed E-state index contributed by atoms with van der Waals surface area (Å²) in [6.45, 7) is 0. The molecule has 0 aliphatic carbocycles. The fraction of sp³-hybridized carbons (Fsp3) is 0.0400. The number of ether oxygens (including phenoxy) is 1. The van der Waals surface area contributed by atoms with E-state index < -0.39 is 0 Å². The molecule has 29 heavy (non-hydrogen) atoms. The molecule has 4 aromatic carbocycles. The molecule has 0 aromatic heterocycles. The average molecular weight is 377 g/mol. The first-order chi connectivity index (χ1) is 14.3. The number of hydrogen-bond donors (Lipinski definition) is 1. The molecule has 1 aliphatic rings. The topological polar surface area (TPSA) is 46.0 Å². The van der Waals surface area contributed by atoms with Crippen LogP contribution < -0.4 is 10.2 Å². The van der Waals surface area contributed by atoms with Crippen molar-refractivity contribution in [3.63, 3.8) is 0 Å². The summed E-state index contributed by atoms with van der Waals surface area (Å²) in [5.74, 6) is 1.54. The Kier molecular flexibility index (Phi) is 4.30. The number of hydrogen-bond acceptors (Lipinski definition) is 4. The molecular formula is C25H19N3O. The Bertz CT molecular complexity index is 1240. The molecule has 0 unspecified atom stereocenters. The van der Waals surface area contributed by atoms with Gasteiger partial charge in [-0.05, 0) is 41.1 Å². The fourth-order valence-electron chi connectivity index (χ4n) is 3.60. The van der Waals surface area contributed by atoms with Crippen LogP contribution in [0, 0.1) is 0 Å². The van der Waals surface area contributed by atoms with Crippen molar-refractivity contribution in [2.75, 3.05) is 7.11 Å². The number of hydrazone groups is 1. The minimum atomic E-state index is 0.727. The number of aliphatic imine (C=N–C) groups is 1. The minimum absolute atomic E-state index is 0.727. The summed E-state index contributed by atoms with van der Waals surface area (Å²) >= 11 is 0. The van der Waals surface area contributed by atoms with Crippen LogP contribution in [0.15, 0.2) is 101 Å². The Balaban J connectivity index is 1.75. The zero-order chi connectivity index (χ0) is 19.6. The average Bonchev–Trinajstić information content (AvgIpc) is 3.00. The third-order valence-electron chi connectivity index (χ3n) is 5.06. The number of fused-ring (bicyclic) bond motifs is 3. The second-order valence-electron chi connectivity index (χ2n) is 6.81. The van der Waals surface area contributed by atoms with Gasteiger partial charge < -0.3 is 4.74 Å². The molecule has 4 aromatic rings. The normalized spacial score (nSPS) is 13.0. The van der Waals surface area contributed by atoms with Gasteiger partial charge in [0.1, 0.15) is 11.5 Å². The van der Waals surface area contributed by atoms with Crippen molar-refractivity contribution in [2.24, 2.45) is 10.1 Å². The maximum Gasteiger partial charge on any atom is 0.154 e. The summed E-state index contributed by atoms with van der Waals surface area (Å²) in [6.07, 6.45) is 0. The first kappa shape index (κ1) is 17.2. The van der Waals surface area contributed by atoms with Crippen molar-refractivity contribution < 1.29 is 4.74 Å². The van der Waals surface area contributed by atoms with Gasteiger partial charge in [0.05, 0.1) is 12.8 Å². The maximum atomic E-state index is 5.32. The van der Waals surface area contributed by atoms with Gasteiger partial charge in [-0.1, -0.05) is 60.7 Å². The second-order valence-corrected chi connectivity index (χ2v) is 6.81. The molecule has 0 bridgehead atoms. The molecule has 5 rings (SSSR count). The zero-order valence-corrected chi connectivity index (χ0v) is 16.0. The van der Waals surface area contributed by atoms with Crippen molar-refractivity contribution in [1.29, 1.82) is 0 Å². The monoisotopic (exact) mass is 377 g/mol. The van der Waals surface area contributed by atoms with Crippen LogP contribution in [0.25, 0.3) is 10.8 Å². The summed E-state index contributed by atoms with van der Waals surface area (Å²) < 4.78 is 5.32. The molecule has 1 aliphatic heterocycles. The molecule has 0 radical (unpaired) electrons. The molecule has 1 heterocycles. The highest BCUT2D eigenvalue weighted by atomic mass is 16.5. The summed E-state index contributed by atoms with van der Waals surface area (Å²) in [4.78, 5) is 4.94. The fourth-order valence-corrected chi connectivity index (χ4v) is 3.60. The van der Waals surface area contributed by atoms with Crippen molar-refractivity contribution in [1.82, 2.24) is 5.43 Å². The molecule has 0 fully saturated rings. The lowest BCUT2D eigenvalue weighted by Gasteiger charge is -2.12. The zero-order valence-electron chi connectivity index (χ0n) is 16.0. The van der Waals surface area contributed by atoms with Crippen LogP contribution in [0.3, 0.4) is 0 Å². The van der Waals surface area contributed by atoms with E-state index in [4.69, 9.17) is 14.8 Å². The van der Waals surface area contributed by atoms with E-state index in [0.29, 0.717) is 0 Å². The van der Waals surface area contributed by atoms with Gasteiger partial charge >= 0.3 is 0 Å². The van der Waals surface area contributed by atoms with Gasteiger partial charge in [0.15, 0.2) is 5.84 Å². The standard InChI is InChI=1S/C25H19N3O/c1-29-20-14-11-18(12-15-20)24-23-21-10-6-5-7-17(21)13-16-22(23)26-25(28-27-24)19-8-3-2-4-9-19/h2-16H,1H3,(H,26,28). The van der Waals surface area contributed by atoms with E-state index in [-0.39, 0.29) is 0 Å². The quantitative estimate of drug-likeness (QED) is 0.528. The highest BCUT2D eigenvalue weighted by molar-refractivity contribution is 6.24. The van der Waals surface area contributed by atoms with Gasteiger partial charge in [0.2, 0.25) is 0 Å². The second kappa shape index (κ2) is 7.24. The predicted octanol–water partition coefficient (Wildman–Crippen LogP) is 5.28. The maximum absolute atomic E-state index is 5.32. The van der Waals surface area contributed by atoms with Crippen LogP contribution in [0.4, 0.5) is 5.69 Å². The van der Waals surface area contributed by atoms with Crippen LogP contribution in [-0.4, -0.2) is 18.7 Å². The number of rotatable bonds is 3. The Morgan fingerprint density at radius 3 is 2.28 bits per heavy atom. The number of nitrogens with zero attached hydrogens (tertiary/aromatic N) is 2. The number of amidine groups is 1. The number of benzene rings is 4. The van der Waals surface area contributed by atoms with Crippen LogP contribution in [-0.2, 0) is 0 Å². The third-order valence-corrected chi connectivity index (χ3v) is 5.06. The molecule has 4 nitrogen and oxygen atoms in total. The lowest BCUT2D eigenvalue weighted by atomic mass is 9.95. The Morgan fingerprint density at radius 1 is 0.724 bits per heavy atom. The number of methoxy groups -OCH3 is 1. The van der Waals surface area contributed by atoms with Crippen molar-refractivity contribution in [3.8, 4) is 5.75 Å². The van der Waals surface area contributed by atoms with Crippen LogP contribution in [0.1, 0.15) is 16.7 Å². The highest BCUT2D eigenvalue weighted by Gasteiger charge is 2.20. The SMILES string of the molecule is COc1ccc(C2=NNC(c3ccccc3)=Nc3ccc4ccccc4c32)cc1. The Morgan fingerprint density at radius 2 is 1.48 bits per heavy atom. The third kappa shape index (κ3) is 3.15. The van der Waals surface area contributed by atoms with E-state index in [1.807, 2.05) is 66.7 Å². The van der Waals surface area contributed by atoms with E-state index in [0.717, 1.165) is 50.4 Å². The van der Waals surface area contributed by atoms with Gasteiger partial charge in [-0.15, -0.1) is 0 Å². The van der Waals surface area contributed by atoms with Gasteiger partial charge in [-0.3, -0.25) is 5.43 Å². The van der Waals surface area contributed by atoms with Crippen molar-refractivity contribution in [2.45, 2.75) is 0 Å². The van der Waals surface area contributed by atoms with Crippen LogP contribution in [0.2, 0.25) is 0 Å². The van der Waals surface area contributed by atoms with E-state index in [2.05, 4.69) is 29.7 Å². The van der Waals surface area contributed by atoms with Gasteiger partial charge in [0.25, 0.3) is 0 Å². The molecule has 0 amide bonds. The molecule has 0 saturated heterocycles. The van der Waals surface area contributed by atoms with E-state index in [1.165, 1.54) is 0 Å². The summed E-state index contributed by atoms with van der Waals surface area (Å²) in [7, 11) is 1.67. The van der Waals surface area contributed by atoms with Crippen molar-refractivity contribution >= 4 is 28.0 Å². The first-order valence-electron chi connectivity index (χ1n) is 9.48. The Labute approximate surface area is 169 Å². The van der Waals surface area contributed by atoms with Crippen LogP contribution in [0.5, 0.6) is 5.75 Å². The summed E-state index contributed by atoms with van der Waals surface area (Å²) in [6, 6.07) is 30.5. The Hall–Kier alpha value is -3.92. The molecule has 140 valence electrons. The highest BCUT2D eigenvalue weighted by Crippen LogP contribution is 2.33. The van der Waals surface area contributed by atoms with Crippen molar-refractivity contribution in [3.05, 3.63) is 108 Å². The van der Waals surface area contributed by atoms with Gasteiger partial charge in [-0.25, -0.2) is 4.99 Å². The molecule has 0 saturated carbocycles. The molecular weight excluding hydrogens is 358 g/mol. The largest absolute Gasteiger partial charge is 0.497 e. The molecule has 1 N–H and O–H groups in total. The molecule has 0 spiro atoms.